The number of aromatic nitrogens is 1. The molecule has 4 nitrogen and oxygen atoms in total. The molecule has 0 bridgehead atoms. The van der Waals surface area contributed by atoms with E-state index in [1.54, 1.807) is 24.3 Å². The highest BCUT2D eigenvalue weighted by Gasteiger charge is 2.11. The summed E-state index contributed by atoms with van der Waals surface area (Å²) in [5.74, 6) is 0.600. The third-order valence-electron chi connectivity index (χ3n) is 1.95. The zero-order chi connectivity index (χ0) is 10.7. The number of hydrogen-bond acceptors (Lipinski definition) is 4. The van der Waals surface area contributed by atoms with Gasteiger partial charge >= 0.3 is 0 Å². The molecule has 2 rings (SSSR count). The predicted octanol–water partition coefficient (Wildman–Crippen LogP) is 1.91. The van der Waals surface area contributed by atoms with Crippen molar-refractivity contribution >= 4 is 5.78 Å². The van der Waals surface area contributed by atoms with Crippen LogP contribution in [-0.2, 0) is 0 Å². The van der Waals surface area contributed by atoms with Crippen molar-refractivity contribution < 1.29 is 13.9 Å². The quantitative estimate of drug-likeness (QED) is 0.715. The Labute approximate surface area is 86.5 Å². The minimum absolute atomic E-state index is 0.185. The summed E-state index contributed by atoms with van der Waals surface area (Å²) in [7, 11) is 1.52. The molecular weight excluding hydrogens is 194 g/mol. The van der Waals surface area contributed by atoms with Crippen molar-refractivity contribution in [2.45, 2.75) is 0 Å². The van der Waals surface area contributed by atoms with E-state index in [0.29, 0.717) is 17.2 Å². The second-order valence-electron chi connectivity index (χ2n) is 2.90. The van der Waals surface area contributed by atoms with Gasteiger partial charge in [0.05, 0.1) is 13.4 Å². The normalized spacial score (nSPS) is 9.93. The smallest absolute Gasteiger partial charge is 0.229 e. The summed E-state index contributed by atoms with van der Waals surface area (Å²) in [4.78, 5) is 15.7. The summed E-state index contributed by atoms with van der Waals surface area (Å²) >= 11 is 0. The molecule has 0 aliphatic heterocycles. The maximum absolute atomic E-state index is 11.7. The van der Waals surface area contributed by atoms with Gasteiger partial charge in [-0.2, -0.15) is 0 Å². The van der Waals surface area contributed by atoms with E-state index in [0.717, 1.165) is 0 Å². The number of ether oxygens (including phenoxy) is 1. The summed E-state index contributed by atoms with van der Waals surface area (Å²) in [5.41, 5.74) is 0.478. The topological polar surface area (TPSA) is 52.3 Å². The molecule has 4 heteroatoms. The number of furan rings is 1. The average molecular weight is 203 g/mol. The lowest BCUT2D eigenvalue weighted by molar-refractivity contribution is 0.101. The Balaban J connectivity index is 2.27. The first-order chi connectivity index (χ1) is 7.31. The average Bonchev–Trinajstić information content (AvgIpc) is 2.82. The molecule has 15 heavy (non-hydrogen) atoms. The van der Waals surface area contributed by atoms with Crippen molar-refractivity contribution in [2.24, 2.45) is 0 Å². The highest BCUT2D eigenvalue weighted by atomic mass is 16.5. The molecule has 0 aliphatic carbocycles. The van der Waals surface area contributed by atoms with E-state index >= 15 is 0 Å². The Hall–Kier alpha value is -2.10. The van der Waals surface area contributed by atoms with Crippen LogP contribution in [0.3, 0.4) is 0 Å². The summed E-state index contributed by atoms with van der Waals surface area (Å²) < 4.78 is 9.89. The summed E-state index contributed by atoms with van der Waals surface area (Å²) in [6.07, 6.45) is 2.92. The number of hydrogen-bond donors (Lipinski definition) is 0. The molecule has 0 fully saturated rings. The van der Waals surface area contributed by atoms with Gasteiger partial charge in [0.2, 0.25) is 11.7 Å². The lowest BCUT2D eigenvalue weighted by Crippen LogP contribution is -2.00. The van der Waals surface area contributed by atoms with E-state index in [4.69, 9.17) is 9.15 Å². The van der Waals surface area contributed by atoms with Crippen molar-refractivity contribution in [1.82, 2.24) is 4.98 Å². The van der Waals surface area contributed by atoms with Crippen LogP contribution in [0.2, 0.25) is 0 Å². The first-order valence-corrected chi connectivity index (χ1v) is 4.39. The molecule has 2 aromatic heterocycles. The third-order valence-corrected chi connectivity index (χ3v) is 1.95. The van der Waals surface area contributed by atoms with Crippen LogP contribution in [0.5, 0.6) is 5.88 Å². The molecule has 0 atom stereocenters. The number of methoxy groups -OCH3 is 1. The molecule has 0 amide bonds. The fourth-order valence-electron chi connectivity index (χ4n) is 1.19. The second-order valence-corrected chi connectivity index (χ2v) is 2.90. The largest absolute Gasteiger partial charge is 0.481 e. The molecule has 0 radical (unpaired) electrons. The standard InChI is InChI=1S/C11H9NO3/c1-14-10-5-4-8(7-12-10)11(13)9-3-2-6-15-9/h2-7H,1H3. The number of carbonyl (C=O) groups excluding carboxylic acids is 1. The maximum atomic E-state index is 11.7. The number of ketones is 1. The Kier molecular flexibility index (Phi) is 2.49. The number of nitrogens with zero attached hydrogens (tertiary/aromatic N) is 1. The molecule has 0 saturated carbocycles. The van der Waals surface area contributed by atoms with E-state index < -0.39 is 0 Å². The molecule has 2 heterocycles. The van der Waals surface area contributed by atoms with Crippen LogP contribution >= 0.6 is 0 Å². The van der Waals surface area contributed by atoms with E-state index in [2.05, 4.69) is 4.98 Å². The zero-order valence-corrected chi connectivity index (χ0v) is 8.14. The van der Waals surface area contributed by atoms with Crippen LogP contribution < -0.4 is 4.74 Å². The zero-order valence-electron chi connectivity index (χ0n) is 8.14. The summed E-state index contributed by atoms with van der Waals surface area (Å²) in [6.45, 7) is 0. The van der Waals surface area contributed by atoms with Crippen LogP contribution in [0.25, 0.3) is 0 Å². The molecule has 76 valence electrons. The molecule has 0 unspecified atom stereocenters. The van der Waals surface area contributed by atoms with Gasteiger partial charge in [-0.15, -0.1) is 0 Å². The third kappa shape index (κ3) is 1.88. The molecule has 0 saturated heterocycles. The molecule has 2 aromatic rings. The van der Waals surface area contributed by atoms with Crippen molar-refractivity contribution in [1.29, 1.82) is 0 Å². The predicted molar refractivity (Wildman–Crippen MR) is 52.9 cm³/mol. The minimum atomic E-state index is -0.185. The van der Waals surface area contributed by atoms with Gasteiger partial charge in [-0.1, -0.05) is 0 Å². The van der Waals surface area contributed by atoms with Crippen LogP contribution in [0.4, 0.5) is 0 Å². The number of pyridine rings is 1. The van der Waals surface area contributed by atoms with Gasteiger partial charge in [0.25, 0.3) is 0 Å². The number of carbonyl (C=O) groups is 1. The van der Waals surface area contributed by atoms with E-state index in [1.807, 2.05) is 0 Å². The van der Waals surface area contributed by atoms with Gasteiger partial charge in [0, 0.05) is 17.8 Å². The number of rotatable bonds is 3. The summed E-state index contributed by atoms with van der Waals surface area (Å²) in [6, 6.07) is 6.57. The van der Waals surface area contributed by atoms with E-state index in [-0.39, 0.29) is 5.78 Å². The van der Waals surface area contributed by atoms with Gasteiger partial charge in [-0.05, 0) is 18.2 Å². The summed E-state index contributed by atoms with van der Waals surface area (Å²) in [5, 5.41) is 0. The minimum Gasteiger partial charge on any atom is -0.481 e. The van der Waals surface area contributed by atoms with Crippen LogP contribution in [-0.4, -0.2) is 17.9 Å². The van der Waals surface area contributed by atoms with Gasteiger partial charge in [-0.3, -0.25) is 4.79 Å². The molecular formula is C11H9NO3. The van der Waals surface area contributed by atoms with Crippen molar-refractivity contribution in [3.8, 4) is 5.88 Å². The second kappa shape index (κ2) is 3.96. The highest BCUT2D eigenvalue weighted by Crippen LogP contribution is 2.12. The van der Waals surface area contributed by atoms with E-state index in [9.17, 15) is 4.79 Å². The first-order valence-electron chi connectivity index (χ1n) is 4.39. The molecule has 0 aliphatic rings. The molecule has 0 N–H and O–H groups in total. The SMILES string of the molecule is COc1ccc(C(=O)c2ccco2)cn1. The van der Waals surface area contributed by atoms with E-state index in [1.165, 1.54) is 19.6 Å². The van der Waals surface area contributed by atoms with Crippen molar-refractivity contribution in [3.05, 3.63) is 48.0 Å². The van der Waals surface area contributed by atoms with Crippen molar-refractivity contribution in [2.75, 3.05) is 7.11 Å². The Morgan fingerprint density at radius 2 is 2.27 bits per heavy atom. The Bertz CT molecular complexity index is 445. The van der Waals surface area contributed by atoms with Gasteiger partial charge < -0.3 is 9.15 Å². The highest BCUT2D eigenvalue weighted by molar-refractivity contribution is 6.06. The maximum Gasteiger partial charge on any atom is 0.229 e. The van der Waals surface area contributed by atoms with Crippen LogP contribution in [0.1, 0.15) is 16.1 Å². The van der Waals surface area contributed by atoms with Gasteiger partial charge in [-0.25, -0.2) is 4.98 Å². The molecule has 0 spiro atoms. The van der Waals surface area contributed by atoms with Gasteiger partial charge in [0.15, 0.2) is 5.76 Å². The Morgan fingerprint density at radius 3 is 2.80 bits per heavy atom. The molecule has 0 aromatic carbocycles. The fraction of sp³-hybridized carbons (Fsp3) is 0.0909. The van der Waals surface area contributed by atoms with Crippen LogP contribution in [0, 0.1) is 0 Å². The first kappa shape index (κ1) is 9.45. The van der Waals surface area contributed by atoms with Crippen LogP contribution in [0.15, 0.2) is 41.1 Å². The Morgan fingerprint density at radius 1 is 1.40 bits per heavy atom. The lowest BCUT2D eigenvalue weighted by atomic mass is 10.1. The lowest BCUT2D eigenvalue weighted by Gasteiger charge is -1.99. The van der Waals surface area contributed by atoms with Gasteiger partial charge in [0.1, 0.15) is 0 Å². The van der Waals surface area contributed by atoms with Crippen molar-refractivity contribution in [3.63, 3.8) is 0 Å². The monoisotopic (exact) mass is 203 g/mol. The fourth-order valence-corrected chi connectivity index (χ4v) is 1.19.